The van der Waals surface area contributed by atoms with E-state index in [0.717, 1.165) is 37.9 Å². The number of fused-ring (bicyclic) bond motifs is 1. The maximum absolute atomic E-state index is 6.15. The Labute approximate surface area is 165 Å². The standard InChI is InChI=1S/C22H27N3OS/c1-24-13-17(22-18(14-24)23-9-11-26-22)20-12-16-19(4-3-5-21(16)27-2)25(20)10-8-15-6-7-15/h3-5,12-13,15,23H,6-11,14H2,1-2H3. The zero-order chi connectivity index (χ0) is 18.4. The van der Waals surface area contributed by atoms with Gasteiger partial charge in [-0.25, -0.2) is 0 Å². The highest BCUT2D eigenvalue weighted by molar-refractivity contribution is 7.98. The number of rotatable bonds is 5. The van der Waals surface area contributed by atoms with Crippen molar-refractivity contribution in [3.05, 3.63) is 47.6 Å². The Morgan fingerprint density at radius 3 is 3.00 bits per heavy atom. The first-order valence-electron chi connectivity index (χ1n) is 9.93. The molecule has 1 aliphatic carbocycles. The van der Waals surface area contributed by atoms with Gasteiger partial charge in [0.2, 0.25) is 0 Å². The van der Waals surface area contributed by atoms with Crippen molar-refractivity contribution >= 4 is 28.2 Å². The molecule has 0 saturated heterocycles. The van der Waals surface area contributed by atoms with Crippen LogP contribution in [0.25, 0.3) is 16.5 Å². The molecule has 27 heavy (non-hydrogen) atoms. The summed E-state index contributed by atoms with van der Waals surface area (Å²) in [5, 5.41) is 4.90. The smallest absolute Gasteiger partial charge is 0.150 e. The number of ether oxygens (including phenoxy) is 1. The number of thioether (sulfide) groups is 1. The summed E-state index contributed by atoms with van der Waals surface area (Å²) in [6, 6.07) is 9.07. The van der Waals surface area contributed by atoms with Crippen LogP contribution in [0.2, 0.25) is 0 Å². The summed E-state index contributed by atoms with van der Waals surface area (Å²) in [4.78, 5) is 3.61. The molecule has 2 aromatic rings. The minimum Gasteiger partial charge on any atom is -0.489 e. The maximum atomic E-state index is 6.15. The largest absolute Gasteiger partial charge is 0.489 e. The summed E-state index contributed by atoms with van der Waals surface area (Å²) in [6.45, 7) is 3.59. The lowest BCUT2D eigenvalue weighted by atomic mass is 10.1. The zero-order valence-electron chi connectivity index (χ0n) is 16.1. The molecule has 142 valence electrons. The van der Waals surface area contributed by atoms with Gasteiger partial charge in [0.25, 0.3) is 0 Å². The van der Waals surface area contributed by atoms with Crippen molar-refractivity contribution in [1.82, 2.24) is 14.8 Å². The fourth-order valence-corrected chi connectivity index (χ4v) is 4.86. The highest BCUT2D eigenvalue weighted by Gasteiger charge is 2.28. The molecule has 1 N–H and O–H groups in total. The highest BCUT2D eigenvalue weighted by atomic mass is 32.2. The van der Waals surface area contributed by atoms with Gasteiger partial charge in [-0.15, -0.1) is 11.8 Å². The summed E-state index contributed by atoms with van der Waals surface area (Å²) in [6.07, 6.45) is 8.50. The van der Waals surface area contributed by atoms with Crippen molar-refractivity contribution < 1.29 is 4.74 Å². The molecular formula is C22H27N3OS. The lowest BCUT2D eigenvalue weighted by Gasteiger charge is -2.32. The number of aromatic nitrogens is 1. The predicted molar refractivity (Wildman–Crippen MR) is 113 cm³/mol. The van der Waals surface area contributed by atoms with Crippen LogP contribution in [-0.2, 0) is 11.3 Å². The minimum atomic E-state index is 0.734. The number of benzene rings is 1. The van der Waals surface area contributed by atoms with Crippen LogP contribution in [0, 0.1) is 5.92 Å². The third-order valence-electron chi connectivity index (χ3n) is 5.82. The summed E-state index contributed by atoms with van der Waals surface area (Å²) in [5.74, 6) is 1.96. The first-order valence-corrected chi connectivity index (χ1v) is 11.2. The topological polar surface area (TPSA) is 29.4 Å². The molecule has 1 saturated carbocycles. The minimum absolute atomic E-state index is 0.734. The van der Waals surface area contributed by atoms with E-state index in [1.807, 2.05) is 11.8 Å². The predicted octanol–water partition coefficient (Wildman–Crippen LogP) is 4.28. The van der Waals surface area contributed by atoms with Crippen LogP contribution < -0.4 is 5.32 Å². The van der Waals surface area contributed by atoms with E-state index >= 15 is 0 Å². The van der Waals surface area contributed by atoms with Crippen LogP contribution in [0.1, 0.15) is 25.0 Å². The monoisotopic (exact) mass is 381 g/mol. The number of nitrogens with zero attached hydrogens (tertiary/aromatic N) is 2. The second-order valence-electron chi connectivity index (χ2n) is 7.85. The van der Waals surface area contributed by atoms with E-state index < -0.39 is 0 Å². The zero-order valence-corrected chi connectivity index (χ0v) is 16.9. The lowest BCUT2D eigenvalue weighted by Crippen LogP contribution is -2.35. The quantitative estimate of drug-likeness (QED) is 0.783. The van der Waals surface area contributed by atoms with Gasteiger partial charge < -0.3 is 19.5 Å². The van der Waals surface area contributed by atoms with Gasteiger partial charge in [0, 0.05) is 42.1 Å². The van der Waals surface area contributed by atoms with Crippen LogP contribution in [-0.4, -0.2) is 42.5 Å². The molecule has 1 fully saturated rings. The average molecular weight is 382 g/mol. The second kappa shape index (κ2) is 6.86. The van der Waals surface area contributed by atoms with E-state index in [1.54, 1.807) is 0 Å². The second-order valence-corrected chi connectivity index (χ2v) is 8.70. The fourth-order valence-electron chi connectivity index (χ4n) is 4.26. The van der Waals surface area contributed by atoms with E-state index in [1.165, 1.54) is 52.0 Å². The number of likely N-dealkylation sites (N-methyl/N-ethyl adjacent to an activating group) is 1. The molecule has 1 aromatic heterocycles. The average Bonchev–Trinajstić information content (AvgIpc) is 3.44. The van der Waals surface area contributed by atoms with Crippen molar-refractivity contribution in [3.8, 4) is 0 Å². The molecule has 5 rings (SSSR count). The first-order chi connectivity index (χ1) is 13.2. The number of hydrogen-bond acceptors (Lipinski definition) is 4. The first kappa shape index (κ1) is 17.1. The van der Waals surface area contributed by atoms with Crippen LogP contribution in [0.3, 0.4) is 0 Å². The van der Waals surface area contributed by atoms with E-state index in [9.17, 15) is 0 Å². The number of allylic oxidation sites excluding steroid dienone is 1. The normalized spacial score (nSPS) is 19.6. The number of nitrogens with one attached hydrogen (secondary N) is 1. The molecule has 0 spiro atoms. The van der Waals surface area contributed by atoms with Crippen molar-refractivity contribution in [2.75, 3.05) is 33.0 Å². The van der Waals surface area contributed by atoms with Crippen LogP contribution in [0.5, 0.6) is 0 Å². The fraction of sp³-hybridized carbons (Fsp3) is 0.455. The van der Waals surface area contributed by atoms with Gasteiger partial charge in [0.05, 0.1) is 23.5 Å². The number of aryl methyl sites for hydroxylation is 1. The van der Waals surface area contributed by atoms with Crippen molar-refractivity contribution in [1.29, 1.82) is 0 Å². The summed E-state index contributed by atoms with van der Waals surface area (Å²) >= 11 is 1.83. The molecular weight excluding hydrogens is 354 g/mol. The van der Waals surface area contributed by atoms with Gasteiger partial charge in [0.1, 0.15) is 6.61 Å². The van der Waals surface area contributed by atoms with E-state index in [-0.39, 0.29) is 0 Å². The molecule has 3 aliphatic rings. The molecule has 0 amide bonds. The molecule has 1 aromatic carbocycles. The van der Waals surface area contributed by atoms with E-state index in [0.29, 0.717) is 0 Å². The van der Waals surface area contributed by atoms with Crippen LogP contribution >= 0.6 is 11.8 Å². The van der Waals surface area contributed by atoms with Gasteiger partial charge in [-0.3, -0.25) is 0 Å². The summed E-state index contributed by atoms with van der Waals surface area (Å²) < 4.78 is 8.68. The Hall–Kier alpha value is -2.01. The van der Waals surface area contributed by atoms with Gasteiger partial charge >= 0.3 is 0 Å². The number of hydrogen-bond donors (Lipinski definition) is 1. The Bertz CT molecular complexity index is 938. The molecule has 0 bridgehead atoms. The maximum Gasteiger partial charge on any atom is 0.150 e. The molecule has 4 nitrogen and oxygen atoms in total. The van der Waals surface area contributed by atoms with Gasteiger partial charge in [0.15, 0.2) is 5.76 Å². The third kappa shape index (κ3) is 3.12. The van der Waals surface area contributed by atoms with Crippen molar-refractivity contribution in [2.45, 2.75) is 30.7 Å². The molecule has 0 radical (unpaired) electrons. The van der Waals surface area contributed by atoms with E-state index in [4.69, 9.17) is 4.74 Å². The van der Waals surface area contributed by atoms with Gasteiger partial charge in [-0.2, -0.15) is 0 Å². The highest BCUT2D eigenvalue weighted by Crippen LogP contribution is 2.39. The molecule has 3 heterocycles. The molecule has 2 aliphatic heterocycles. The Morgan fingerprint density at radius 1 is 1.30 bits per heavy atom. The SMILES string of the molecule is CSc1cccc2c1cc(C1=CN(C)CC3=C1OCCN3)n2CCC1CC1. The molecule has 0 atom stereocenters. The van der Waals surface area contributed by atoms with E-state index in [2.05, 4.69) is 58.6 Å². The molecule has 5 heteroatoms. The van der Waals surface area contributed by atoms with Crippen LogP contribution in [0.4, 0.5) is 0 Å². The van der Waals surface area contributed by atoms with Gasteiger partial charge in [-0.1, -0.05) is 18.9 Å². The summed E-state index contributed by atoms with van der Waals surface area (Å²) in [5.41, 5.74) is 5.06. The Balaban J connectivity index is 1.66. The Kier molecular flexibility index (Phi) is 4.35. The van der Waals surface area contributed by atoms with Gasteiger partial charge in [-0.05, 0) is 36.8 Å². The van der Waals surface area contributed by atoms with Crippen molar-refractivity contribution in [3.63, 3.8) is 0 Å². The third-order valence-corrected chi connectivity index (χ3v) is 6.62. The van der Waals surface area contributed by atoms with Crippen molar-refractivity contribution in [2.24, 2.45) is 5.92 Å². The Morgan fingerprint density at radius 2 is 2.19 bits per heavy atom. The lowest BCUT2D eigenvalue weighted by molar-refractivity contribution is 0.197. The van der Waals surface area contributed by atoms with Crippen LogP contribution in [0.15, 0.2) is 46.8 Å². The summed E-state index contributed by atoms with van der Waals surface area (Å²) in [7, 11) is 2.14. The molecule has 0 unspecified atom stereocenters.